The topological polar surface area (TPSA) is 75.3 Å². The van der Waals surface area contributed by atoms with Gasteiger partial charge in [-0.25, -0.2) is 9.78 Å². The smallest absolute Gasteiger partial charge is 0.344 e. The van der Waals surface area contributed by atoms with Gasteiger partial charge in [0.05, 0.1) is 6.10 Å². The number of amides is 1. The van der Waals surface area contributed by atoms with E-state index < -0.39 is 0 Å². The van der Waals surface area contributed by atoms with Crippen molar-refractivity contribution in [1.29, 1.82) is 0 Å². The monoisotopic (exact) mass is 313 g/mol. The summed E-state index contributed by atoms with van der Waals surface area (Å²) in [6.07, 6.45) is 4.05. The minimum Gasteiger partial charge on any atom is -0.377 e. The van der Waals surface area contributed by atoms with Crippen LogP contribution < -0.4 is 5.69 Å². The number of carbonyl (C=O) groups excluding carboxylic acids is 1. The van der Waals surface area contributed by atoms with Crippen molar-refractivity contribution >= 4 is 5.91 Å². The molecule has 0 radical (unpaired) electrons. The van der Waals surface area contributed by atoms with Gasteiger partial charge in [-0.3, -0.25) is 4.79 Å². The number of hydrogen-bond acceptors (Lipinski definition) is 4. The number of H-pyrrole nitrogens is 1. The van der Waals surface area contributed by atoms with Gasteiger partial charge < -0.3 is 14.6 Å². The van der Waals surface area contributed by atoms with Gasteiger partial charge in [0.2, 0.25) is 0 Å². The van der Waals surface area contributed by atoms with Crippen LogP contribution in [0.25, 0.3) is 11.1 Å². The number of aromatic amines is 1. The molecule has 0 saturated carbocycles. The highest BCUT2D eigenvalue weighted by Crippen LogP contribution is 2.18. The number of benzene rings is 1. The molecular weight excluding hydrogens is 294 g/mol. The predicted molar refractivity (Wildman–Crippen MR) is 86.2 cm³/mol. The zero-order valence-electron chi connectivity index (χ0n) is 13.0. The third-order valence-corrected chi connectivity index (χ3v) is 3.88. The maximum atomic E-state index is 12.6. The summed E-state index contributed by atoms with van der Waals surface area (Å²) in [4.78, 5) is 31.7. The first-order chi connectivity index (χ1) is 11.1. The lowest BCUT2D eigenvalue weighted by Crippen LogP contribution is -2.35. The average molecular weight is 313 g/mol. The second-order valence-electron chi connectivity index (χ2n) is 5.67. The lowest BCUT2D eigenvalue weighted by atomic mass is 10.1. The summed E-state index contributed by atoms with van der Waals surface area (Å²) in [5, 5.41) is 0. The van der Waals surface area contributed by atoms with Crippen LogP contribution in [0.3, 0.4) is 0 Å². The Balaban J connectivity index is 1.77. The van der Waals surface area contributed by atoms with E-state index in [1.807, 2.05) is 24.0 Å². The fourth-order valence-corrected chi connectivity index (χ4v) is 2.67. The number of nitrogens with zero attached hydrogens (tertiary/aromatic N) is 2. The van der Waals surface area contributed by atoms with E-state index in [2.05, 4.69) is 9.97 Å². The molecule has 0 spiro atoms. The van der Waals surface area contributed by atoms with Crippen LogP contribution in [0.4, 0.5) is 0 Å². The molecule has 0 unspecified atom stereocenters. The predicted octanol–water partition coefficient (Wildman–Crippen LogP) is 1.69. The molecule has 1 atom stereocenters. The minimum atomic E-state index is -0.377. The summed E-state index contributed by atoms with van der Waals surface area (Å²) in [6.45, 7) is 4.01. The second-order valence-corrected chi connectivity index (χ2v) is 5.67. The summed E-state index contributed by atoms with van der Waals surface area (Å²) >= 11 is 0. The van der Waals surface area contributed by atoms with E-state index in [1.165, 1.54) is 6.20 Å². The summed E-state index contributed by atoms with van der Waals surface area (Å²) in [6, 6.07) is 7.33. The first kappa shape index (κ1) is 15.4. The van der Waals surface area contributed by atoms with Crippen molar-refractivity contribution in [2.24, 2.45) is 0 Å². The highest BCUT2D eigenvalue weighted by atomic mass is 16.5. The molecule has 23 heavy (non-hydrogen) atoms. The molecule has 1 fully saturated rings. The summed E-state index contributed by atoms with van der Waals surface area (Å²) in [5.41, 5.74) is 1.98. The van der Waals surface area contributed by atoms with Crippen LogP contribution >= 0.6 is 0 Å². The number of ether oxygens (including phenoxy) is 1. The molecule has 2 aromatic rings. The number of carbonyl (C=O) groups is 1. The first-order valence-electron chi connectivity index (χ1n) is 7.69. The maximum Gasteiger partial charge on any atom is 0.344 e. The molecule has 6 heteroatoms. The van der Waals surface area contributed by atoms with Crippen LogP contribution in [0, 0.1) is 0 Å². The van der Waals surface area contributed by atoms with Crippen LogP contribution in [0.2, 0.25) is 0 Å². The number of rotatable bonds is 2. The molecule has 1 aliphatic heterocycles. The van der Waals surface area contributed by atoms with Crippen LogP contribution in [0.5, 0.6) is 0 Å². The molecule has 3 rings (SSSR count). The van der Waals surface area contributed by atoms with E-state index in [0.717, 1.165) is 24.1 Å². The van der Waals surface area contributed by atoms with Gasteiger partial charge in [0, 0.05) is 43.2 Å². The SMILES string of the molecule is C[C@H]1CN(C(=O)c2ccc(-c3cnc(=O)[nH]c3)cc2)CCCO1. The maximum absolute atomic E-state index is 12.6. The van der Waals surface area contributed by atoms with Crippen molar-refractivity contribution in [1.82, 2.24) is 14.9 Å². The molecule has 6 nitrogen and oxygen atoms in total. The lowest BCUT2D eigenvalue weighted by Gasteiger charge is -2.22. The van der Waals surface area contributed by atoms with Crippen molar-refractivity contribution in [3.63, 3.8) is 0 Å². The van der Waals surface area contributed by atoms with Crippen LogP contribution in [0.1, 0.15) is 23.7 Å². The van der Waals surface area contributed by atoms with Gasteiger partial charge in [-0.2, -0.15) is 0 Å². The van der Waals surface area contributed by atoms with Crippen molar-refractivity contribution in [3.8, 4) is 11.1 Å². The minimum absolute atomic E-state index is 0.0218. The largest absolute Gasteiger partial charge is 0.377 e. The molecule has 0 aliphatic carbocycles. The van der Waals surface area contributed by atoms with Crippen LogP contribution in [0.15, 0.2) is 41.5 Å². The standard InChI is InChI=1S/C17H19N3O3/c1-12-11-20(7-2-8-23-12)16(21)14-5-3-13(4-6-14)15-9-18-17(22)19-10-15/h3-6,9-10,12H,2,7-8,11H2,1H3,(H,18,19,22)/t12-/m0/s1. The van der Waals surface area contributed by atoms with Crippen molar-refractivity contribution in [2.45, 2.75) is 19.4 Å². The van der Waals surface area contributed by atoms with E-state index in [4.69, 9.17) is 4.74 Å². The Labute approximate surface area is 134 Å². The third kappa shape index (κ3) is 3.65. The van der Waals surface area contributed by atoms with E-state index in [9.17, 15) is 9.59 Å². The lowest BCUT2D eigenvalue weighted by molar-refractivity contribution is 0.0563. The normalized spacial score (nSPS) is 18.5. The van der Waals surface area contributed by atoms with E-state index in [0.29, 0.717) is 18.7 Å². The number of aromatic nitrogens is 2. The first-order valence-corrected chi connectivity index (χ1v) is 7.69. The molecule has 1 aromatic carbocycles. The van der Waals surface area contributed by atoms with Gasteiger partial charge in [0.1, 0.15) is 0 Å². The molecular formula is C17H19N3O3. The fraction of sp³-hybridized carbons (Fsp3) is 0.353. The Morgan fingerprint density at radius 2 is 2.09 bits per heavy atom. The Bertz CT molecular complexity index is 719. The van der Waals surface area contributed by atoms with E-state index in [1.54, 1.807) is 18.3 Å². The molecule has 1 aliphatic rings. The molecule has 1 aromatic heterocycles. The summed E-state index contributed by atoms with van der Waals surface area (Å²) < 4.78 is 5.58. The fourth-order valence-electron chi connectivity index (χ4n) is 2.67. The zero-order valence-corrected chi connectivity index (χ0v) is 13.0. The van der Waals surface area contributed by atoms with Crippen molar-refractivity contribution < 1.29 is 9.53 Å². The quantitative estimate of drug-likeness (QED) is 0.915. The number of nitrogens with one attached hydrogen (secondary N) is 1. The highest BCUT2D eigenvalue weighted by molar-refractivity contribution is 5.94. The highest BCUT2D eigenvalue weighted by Gasteiger charge is 2.20. The second kappa shape index (κ2) is 6.75. The van der Waals surface area contributed by atoms with Gasteiger partial charge >= 0.3 is 5.69 Å². The zero-order chi connectivity index (χ0) is 16.2. The van der Waals surface area contributed by atoms with Gasteiger partial charge in [-0.1, -0.05) is 12.1 Å². The van der Waals surface area contributed by atoms with Gasteiger partial charge in [0.25, 0.3) is 5.91 Å². The van der Waals surface area contributed by atoms with Crippen molar-refractivity contribution in [2.75, 3.05) is 19.7 Å². The average Bonchev–Trinajstić information content (AvgIpc) is 2.80. The van der Waals surface area contributed by atoms with Gasteiger partial charge in [0.15, 0.2) is 0 Å². The molecule has 120 valence electrons. The van der Waals surface area contributed by atoms with E-state index >= 15 is 0 Å². The summed E-state index contributed by atoms with van der Waals surface area (Å²) in [7, 11) is 0. The molecule has 1 N–H and O–H groups in total. The Morgan fingerprint density at radius 3 is 2.78 bits per heavy atom. The van der Waals surface area contributed by atoms with Crippen molar-refractivity contribution in [3.05, 3.63) is 52.7 Å². The van der Waals surface area contributed by atoms with Crippen LogP contribution in [-0.4, -0.2) is 46.6 Å². The van der Waals surface area contributed by atoms with Crippen LogP contribution in [-0.2, 0) is 4.74 Å². The summed E-state index contributed by atoms with van der Waals surface area (Å²) in [5.74, 6) is 0.0218. The Kier molecular flexibility index (Phi) is 4.52. The third-order valence-electron chi connectivity index (χ3n) is 3.88. The van der Waals surface area contributed by atoms with Gasteiger partial charge in [-0.15, -0.1) is 0 Å². The molecule has 0 bridgehead atoms. The molecule has 1 amide bonds. The van der Waals surface area contributed by atoms with E-state index in [-0.39, 0.29) is 17.7 Å². The van der Waals surface area contributed by atoms with Gasteiger partial charge in [-0.05, 0) is 31.0 Å². The molecule has 2 heterocycles. The number of hydrogen-bond donors (Lipinski definition) is 1. The Morgan fingerprint density at radius 1 is 1.30 bits per heavy atom. The molecule has 1 saturated heterocycles. The Hall–Kier alpha value is -2.47.